The Morgan fingerprint density at radius 3 is 3.22 bits per heavy atom. The molecule has 0 bridgehead atoms. The molecule has 1 fully saturated rings. The van der Waals surface area contributed by atoms with E-state index in [1.54, 1.807) is 4.68 Å². The van der Waals surface area contributed by atoms with Gasteiger partial charge in [-0.3, -0.25) is 14.8 Å². The van der Waals surface area contributed by atoms with E-state index in [4.69, 9.17) is 4.74 Å². The first-order chi connectivity index (χ1) is 11.2. The standard InChI is InChI=1S/C14H18N6O2S/c1-20-9-4-5-15-7-8(9)11(19-20)12(21)16-14-18-17-13(23-14)10-3-2-6-22-10/h10,15H,2-7H2,1H3,(H,16,18,21). The van der Waals surface area contributed by atoms with Gasteiger partial charge in [0.2, 0.25) is 5.13 Å². The first kappa shape index (κ1) is 14.7. The van der Waals surface area contributed by atoms with Gasteiger partial charge in [0.15, 0.2) is 5.69 Å². The minimum absolute atomic E-state index is 0.0185. The SMILES string of the molecule is Cn1nc(C(=O)Nc2nnc(C3CCCO3)s2)c2c1CCNC2. The lowest BCUT2D eigenvalue weighted by Gasteiger charge is -2.13. The molecule has 4 rings (SSSR count). The molecule has 9 heteroatoms. The molecular formula is C14H18N6O2S. The number of nitrogens with zero attached hydrogens (tertiary/aromatic N) is 4. The maximum absolute atomic E-state index is 12.5. The maximum Gasteiger partial charge on any atom is 0.278 e. The van der Waals surface area contributed by atoms with Gasteiger partial charge in [0.1, 0.15) is 11.1 Å². The highest BCUT2D eigenvalue weighted by Gasteiger charge is 2.26. The molecule has 0 radical (unpaired) electrons. The molecule has 2 aromatic rings. The first-order valence-electron chi connectivity index (χ1n) is 7.74. The predicted octanol–water partition coefficient (Wildman–Crippen LogP) is 1.02. The molecular weight excluding hydrogens is 316 g/mol. The topological polar surface area (TPSA) is 94.0 Å². The number of amides is 1. The first-order valence-corrected chi connectivity index (χ1v) is 8.56. The van der Waals surface area contributed by atoms with E-state index in [1.807, 2.05) is 7.05 Å². The summed E-state index contributed by atoms with van der Waals surface area (Å²) in [5.41, 5.74) is 2.55. The van der Waals surface area contributed by atoms with Crippen LogP contribution < -0.4 is 10.6 Å². The molecule has 1 amide bonds. The molecule has 2 aliphatic heterocycles. The number of aryl methyl sites for hydroxylation is 1. The zero-order valence-electron chi connectivity index (χ0n) is 12.8. The summed E-state index contributed by atoms with van der Waals surface area (Å²) in [6.45, 7) is 2.34. The van der Waals surface area contributed by atoms with Crippen molar-refractivity contribution in [3.63, 3.8) is 0 Å². The molecule has 4 heterocycles. The normalized spacial score (nSPS) is 20.5. The number of carbonyl (C=O) groups is 1. The average molecular weight is 334 g/mol. The van der Waals surface area contributed by atoms with E-state index in [2.05, 4.69) is 25.9 Å². The zero-order chi connectivity index (χ0) is 15.8. The Morgan fingerprint density at radius 1 is 1.48 bits per heavy atom. The number of carbonyl (C=O) groups excluding carboxylic acids is 1. The lowest BCUT2D eigenvalue weighted by molar-refractivity contribution is 0.102. The van der Waals surface area contributed by atoms with Crippen molar-refractivity contribution in [3.05, 3.63) is 22.0 Å². The van der Waals surface area contributed by atoms with Crippen LogP contribution in [0.4, 0.5) is 5.13 Å². The number of hydrogen-bond acceptors (Lipinski definition) is 7. The molecule has 0 saturated carbocycles. The minimum atomic E-state index is -0.236. The van der Waals surface area contributed by atoms with Gasteiger partial charge in [-0.1, -0.05) is 11.3 Å². The molecule has 122 valence electrons. The molecule has 1 atom stereocenters. The number of hydrogen-bond donors (Lipinski definition) is 2. The molecule has 1 saturated heterocycles. The van der Waals surface area contributed by atoms with Crippen molar-refractivity contribution < 1.29 is 9.53 Å². The van der Waals surface area contributed by atoms with Crippen molar-refractivity contribution in [3.8, 4) is 0 Å². The van der Waals surface area contributed by atoms with Crippen LogP contribution in [0.2, 0.25) is 0 Å². The van der Waals surface area contributed by atoms with Gasteiger partial charge in [-0.05, 0) is 12.8 Å². The minimum Gasteiger partial charge on any atom is -0.371 e. The third-order valence-corrected chi connectivity index (χ3v) is 5.13. The zero-order valence-corrected chi connectivity index (χ0v) is 13.7. The van der Waals surface area contributed by atoms with Crippen molar-refractivity contribution in [2.24, 2.45) is 7.05 Å². The van der Waals surface area contributed by atoms with Crippen LogP contribution in [0.1, 0.15) is 45.7 Å². The van der Waals surface area contributed by atoms with Crippen LogP contribution in [0.3, 0.4) is 0 Å². The summed E-state index contributed by atoms with van der Waals surface area (Å²) < 4.78 is 7.39. The van der Waals surface area contributed by atoms with Gasteiger partial charge in [-0.2, -0.15) is 5.10 Å². The van der Waals surface area contributed by atoms with Gasteiger partial charge >= 0.3 is 0 Å². The lowest BCUT2D eigenvalue weighted by atomic mass is 10.1. The second-order valence-corrected chi connectivity index (χ2v) is 6.73. The Morgan fingerprint density at radius 2 is 2.39 bits per heavy atom. The van der Waals surface area contributed by atoms with E-state index >= 15 is 0 Å². The van der Waals surface area contributed by atoms with E-state index < -0.39 is 0 Å². The third kappa shape index (κ3) is 2.75. The Kier molecular flexibility index (Phi) is 3.83. The van der Waals surface area contributed by atoms with Crippen molar-refractivity contribution in [1.29, 1.82) is 0 Å². The quantitative estimate of drug-likeness (QED) is 0.870. The van der Waals surface area contributed by atoms with Crippen LogP contribution in [-0.2, 0) is 24.8 Å². The molecule has 2 aliphatic rings. The van der Waals surface area contributed by atoms with Crippen molar-refractivity contribution in [2.75, 3.05) is 18.5 Å². The van der Waals surface area contributed by atoms with Gasteiger partial charge in [-0.15, -0.1) is 10.2 Å². The second-order valence-electron chi connectivity index (χ2n) is 5.73. The van der Waals surface area contributed by atoms with Gasteiger partial charge in [0.25, 0.3) is 5.91 Å². The summed E-state index contributed by atoms with van der Waals surface area (Å²) in [4.78, 5) is 12.5. The van der Waals surface area contributed by atoms with Crippen LogP contribution in [0.25, 0.3) is 0 Å². The fourth-order valence-electron chi connectivity index (χ4n) is 3.05. The lowest BCUT2D eigenvalue weighted by Crippen LogP contribution is -2.26. The maximum atomic E-state index is 12.5. The summed E-state index contributed by atoms with van der Waals surface area (Å²) in [7, 11) is 1.88. The van der Waals surface area contributed by atoms with E-state index in [-0.39, 0.29) is 12.0 Å². The summed E-state index contributed by atoms with van der Waals surface area (Å²) in [6, 6.07) is 0. The number of anilines is 1. The molecule has 2 N–H and O–H groups in total. The molecule has 0 aliphatic carbocycles. The van der Waals surface area contributed by atoms with Crippen LogP contribution in [-0.4, -0.2) is 39.0 Å². The van der Waals surface area contributed by atoms with Crippen LogP contribution in [0.5, 0.6) is 0 Å². The fraction of sp³-hybridized carbons (Fsp3) is 0.571. The highest BCUT2D eigenvalue weighted by molar-refractivity contribution is 7.15. The Bertz CT molecular complexity index is 734. The monoisotopic (exact) mass is 334 g/mol. The smallest absolute Gasteiger partial charge is 0.278 e. The Hall–Kier alpha value is -1.84. The average Bonchev–Trinajstić information content (AvgIpc) is 3.27. The Labute approximate surface area is 137 Å². The van der Waals surface area contributed by atoms with E-state index in [9.17, 15) is 4.79 Å². The summed E-state index contributed by atoms with van der Waals surface area (Å²) in [5, 5.41) is 20.0. The number of nitrogens with one attached hydrogen (secondary N) is 2. The number of ether oxygens (including phenoxy) is 1. The number of aromatic nitrogens is 4. The van der Waals surface area contributed by atoms with Gasteiger partial charge in [0.05, 0.1) is 0 Å². The van der Waals surface area contributed by atoms with Crippen molar-refractivity contribution >= 4 is 22.4 Å². The molecule has 0 aromatic carbocycles. The molecule has 23 heavy (non-hydrogen) atoms. The molecule has 8 nitrogen and oxygen atoms in total. The van der Waals surface area contributed by atoms with Crippen molar-refractivity contribution in [1.82, 2.24) is 25.3 Å². The fourth-order valence-corrected chi connectivity index (χ4v) is 3.87. The van der Waals surface area contributed by atoms with E-state index in [0.717, 1.165) is 48.7 Å². The third-order valence-electron chi connectivity index (χ3n) is 4.20. The molecule has 1 unspecified atom stereocenters. The summed E-state index contributed by atoms with van der Waals surface area (Å²) in [5.74, 6) is -0.236. The highest BCUT2D eigenvalue weighted by Crippen LogP contribution is 2.32. The number of rotatable bonds is 3. The highest BCUT2D eigenvalue weighted by atomic mass is 32.1. The van der Waals surface area contributed by atoms with Crippen LogP contribution in [0.15, 0.2) is 0 Å². The predicted molar refractivity (Wildman–Crippen MR) is 84.4 cm³/mol. The second kappa shape index (κ2) is 5.99. The summed E-state index contributed by atoms with van der Waals surface area (Å²) >= 11 is 1.37. The molecule has 2 aromatic heterocycles. The summed E-state index contributed by atoms with van der Waals surface area (Å²) in [6.07, 6.45) is 2.90. The van der Waals surface area contributed by atoms with Crippen LogP contribution in [0, 0.1) is 0 Å². The van der Waals surface area contributed by atoms with Crippen molar-refractivity contribution in [2.45, 2.75) is 31.9 Å². The van der Waals surface area contributed by atoms with Gasteiger partial charge in [0, 0.05) is 44.4 Å². The molecule has 0 spiro atoms. The van der Waals surface area contributed by atoms with E-state index in [0.29, 0.717) is 17.4 Å². The van der Waals surface area contributed by atoms with Crippen LogP contribution >= 0.6 is 11.3 Å². The largest absolute Gasteiger partial charge is 0.371 e. The Balaban J connectivity index is 1.52. The van der Waals surface area contributed by atoms with Gasteiger partial charge < -0.3 is 10.1 Å². The van der Waals surface area contributed by atoms with Gasteiger partial charge in [-0.25, -0.2) is 0 Å². The van der Waals surface area contributed by atoms with E-state index in [1.165, 1.54) is 11.3 Å². The number of fused-ring (bicyclic) bond motifs is 1.